The summed E-state index contributed by atoms with van der Waals surface area (Å²) in [5.41, 5.74) is 1.43. The molecule has 1 heterocycles. The normalized spacial score (nSPS) is 11.6. The minimum atomic E-state index is -0.933. The Morgan fingerprint density at radius 1 is 0.968 bits per heavy atom. The summed E-state index contributed by atoms with van der Waals surface area (Å²) in [6.45, 7) is 0.235. The summed E-state index contributed by atoms with van der Waals surface area (Å²) in [6, 6.07) is 7.07. The molecule has 0 spiro atoms. The highest BCUT2D eigenvalue weighted by molar-refractivity contribution is 5.98. The van der Waals surface area contributed by atoms with Gasteiger partial charge in [0.05, 0.1) is 6.33 Å². The average molecular weight is 426 g/mol. The van der Waals surface area contributed by atoms with E-state index in [2.05, 4.69) is 20.6 Å². The van der Waals surface area contributed by atoms with Crippen LogP contribution in [-0.4, -0.2) is 54.8 Å². The van der Waals surface area contributed by atoms with Crippen LogP contribution in [0.5, 0.6) is 23.0 Å². The first-order valence-electron chi connectivity index (χ1n) is 9.42. The molecule has 0 saturated heterocycles. The van der Waals surface area contributed by atoms with Crippen molar-refractivity contribution in [2.75, 3.05) is 6.54 Å². The van der Waals surface area contributed by atoms with E-state index in [-0.39, 0.29) is 35.8 Å². The number of phenols is 4. The van der Waals surface area contributed by atoms with E-state index >= 15 is 0 Å². The quantitative estimate of drug-likeness (QED) is 0.263. The second kappa shape index (κ2) is 9.53. The zero-order chi connectivity index (χ0) is 22.4. The molecule has 1 atom stereocenters. The molecule has 0 unspecified atom stereocenters. The van der Waals surface area contributed by atoms with Crippen molar-refractivity contribution >= 4 is 11.8 Å². The van der Waals surface area contributed by atoms with Gasteiger partial charge in [0.2, 0.25) is 5.91 Å². The molecule has 0 aliphatic rings. The second-order valence-corrected chi connectivity index (χ2v) is 6.87. The van der Waals surface area contributed by atoms with Gasteiger partial charge < -0.3 is 36.0 Å². The maximum absolute atomic E-state index is 12.7. The van der Waals surface area contributed by atoms with E-state index in [0.717, 1.165) is 6.07 Å². The van der Waals surface area contributed by atoms with E-state index in [0.29, 0.717) is 17.7 Å². The Morgan fingerprint density at radius 2 is 1.68 bits per heavy atom. The summed E-state index contributed by atoms with van der Waals surface area (Å²) in [7, 11) is 0. The lowest BCUT2D eigenvalue weighted by molar-refractivity contribution is -0.122. The van der Waals surface area contributed by atoms with E-state index in [9.17, 15) is 30.0 Å². The van der Waals surface area contributed by atoms with Crippen LogP contribution in [0.3, 0.4) is 0 Å². The second-order valence-electron chi connectivity index (χ2n) is 6.87. The number of aromatic amines is 1. The van der Waals surface area contributed by atoms with E-state index in [1.165, 1.54) is 36.8 Å². The summed E-state index contributed by atoms with van der Waals surface area (Å²) < 4.78 is 0. The Labute approximate surface area is 177 Å². The van der Waals surface area contributed by atoms with Crippen LogP contribution in [0.2, 0.25) is 0 Å². The number of carbonyl (C=O) groups is 2. The first kappa shape index (κ1) is 21.5. The highest BCUT2D eigenvalue weighted by Crippen LogP contribution is 2.25. The summed E-state index contributed by atoms with van der Waals surface area (Å²) >= 11 is 0. The number of amides is 2. The van der Waals surface area contributed by atoms with Gasteiger partial charge in [0.15, 0.2) is 23.0 Å². The molecule has 2 amide bonds. The molecule has 10 heteroatoms. The first-order chi connectivity index (χ1) is 14.8. The highest BCUT2D eigenvalue weighted by atomic mass is 16.3. The third-order valence-corrected chi connectivity index (χ3v) is 4.59. The number of imidazole rings is 1. The molecule has 31 heavy (non-hydrogen) atoms. The molecule has 3 rings (SSSR count). The largest absolute Gasteiger partial charge is 0.504 e. The molecule has 162 valence electrons. The topological polar surface area (TPSA) is 168 Å². The van der Waals surface area contributed by atoms with E-state index in [4.69, 9.17) is 0 Å². The van der Waals surface area contributed by atoms with E-state index in [1.807, 2.05) is 0 Å². The Kier molecular flexibility index (Phi) is 6.61. The number of H-pyrrole nitrogens is 1. The van der Waals surface area contributed by atoms with Gasteiger partial charge in [-0.15, -0.1) is 0 Å². The predicted molar refractivity (Wildman–Crippen MR) is 110 cm³/mol. The number of hydrogen-bond donors (Lipinski definition) is 7. The van der Waals surface area contributed by atoms with E-state index < -0.39 is 23.6 Å². The standard InChI is InChI=1S/C21H22N4O6/c26-16-3-1-12(7-18(16)28)5-6-23-21(31)15(9-14-10-22-11-24-14)25-20(30)13-2-4-17(27)19(29)8-13/h1-4,7-8,10-11,15,26-29H,5-6,9H2,(H,22,24)(H,23,31)(H,25,30)/t15-/m0/s1. The number of nitrogens with zero attached hydrogens (tertiary/aromatic N) is 1. The number of hydrogen-bond acceptors (Lipinski definition) is 7. The van der Waals surface area contributed by atoms with Gasteiger partial charge in [-0.25, -0.2) is 4.98 Å². The molecule has 10 nitrogen and oxygen atoms in total. The van der Waals surface area contributed by atoms with Crippen LogP contribution in [-0.2, 0) is 17.6 Å². The van der Waals surface area contributed by atoms with Crippen molar-refractivity contribution in [3.63, 3.8) is 0 Å². The molecule has 0 aliphatic carbocycles. The minimum Gasteiger partial charge on any atom is -0.504 e. The van der Waals surface area contributed by atoms with Crippen LogP contribution in [0.4, 0.5) is 0 Å². The Hall–Kier alpha value is -4.21. The maximum atomic E-state index is 12.7. The van der Waals surface area contributed by atoms with Crippen LogP contribution in [0.25, 0.3) is 0 Å². The first-order valence-corrected chi connectivity index (χ1v) is 9.42. The van der Waals surface area contributed by atoms with Gasteiger partial charge in [0, 0.05) is 30.4 Å². The molecule has 0 fully saturated rings. The lowest BCUT2D eigenvalue weighted by Gasteiger charge is -2.18. The summed E-state index contributed by atoms with van der Waals surface area (Å²) in [6.07, 6.45) is 3.55. The number of nitrogens with one attached hydrogen (secondary N) is 3. The number of benzene rings is 2. The molecule has 0 bridgehead atoms. The fourth-order valence-electron chi connectivity index (χ4n) is 2.91. The van der Waals surface area contributed by atoms with Crippen LogP contribution in [0, 0.1) is 0 Å². The van der Waals surface area contributed by atoms with Crippen LogP contribution >= 0.6 is 0 Å². The lowest BCUT2D eigenvalue weighted by Crippen LogP contribution is -2.48. The molecule has 3 aromatic rings. The van der Waals surface area contributed by atoms with Crippen molar-refractivity contribution in [2.45, 2.75) is 18.9 Å². The molecular weight excluding hydrogens is 404 g/mol. The van der Waals surface area contributed by atoms with Gasteiger partial charge in [-0.1, -0.05) is 6.07 Å². The maximum Gasteiger partial charge on any atom is 0.252 e. The molecular formula is C21H22N4O6. The molecule has 7 N–H and O–H groups in total. The monoisotopic (exact) mass is 426 g/mol. The van der Waals surface area contributed by atoms with Gasteiger partial charge in [-0.3, -0.25) is 9.59 Å². The Bertz CT molecular complexity index is 1070. The van der Waals surface area contributed by atoms with Crippen molar-refractivity contribution in [1.29, 1.82) is 0 Å². The van der Waals surface area contributed by atoms with Crippen molar-refractivity contribution in [3.8, 4) is 23.0 Å². The SMILES string of the molecule is O=C(N[C@@H](Cc1cnc[nH]1)C(=O)NCCc1ccc(O)c(O)c1)c1ccc(O)c(O)c1. The number of aromatic nitrogens is 2. The Balaban J connectivity index is 1.65. The van der Waals surface area contributed by atoms with Gasteiger partial charge in [0.1, 0.15) is 6.04 Å². The number of aromatic hydroxyl groups is 4. The van der Waals surface area contributed by atoms with Crippen LogP contribution in [0.15, 0.2) is 48.9 Å². The zero-order valence-electron chi connectivity index (χ0n) is 16.4. The molecule has 0 saturated carbocycles. The molecule has 2 aromatic carbocycles. The van der Waals surface area contributed by atoms with Crippen molar-refractivity contribution < 1.29 is 30.0 Å². The Morgan fingerprint density at radius 3 is 2.32 bits per heavy atom. The van der Waals surface area contributed by atoms with Gasteiger partial charge >= 0.3 is 0 Å². The van der Waals surface area contributed by atoms with Crippen molar-refractivity contribution in [3.05, 3.63) is 65.7 Å². The van der Waals surface area contributed by atoms with Crippen molar-refractivity contribution in [1.82, 2.24) is 20.6 Å². The molecule has 0 aliphatic heterocycles. The highest BCUT2D eigenvalue weighted by Gasteiger charge is 2.23. The molecule has 1 aromatic heterocycles. The number of phenolic OH excluding ortho intramolecular Hbond substituents is 4. The fourth-order valence-corrected chi connectivity index (χ4v) is 2.91. The third kappa shape index (κ3) is 5.66. The van der Waals surface area contributed by atoms with Gasteiger partial charge in [-0.05, 0) is 42.3 Å². The van der Waals surface area contributed by atoms with Gasteiger partial charge in [-0.2, -0.15) is 0 Å². The minimum absolute atomic E-state index is 0.0808. The van der Waals surface area contributed by atoms with Crippen LogP contribution in [0.1, 0.15) is 21.6 Å². The van der Waals surface area contributed by atoms with E-state index in [1.54, 1.807) is 6.07 Å². The number of rotatable bonds is 8. The van der Waals surface area contributed by atoms with Crippen LogP contribution < -0.4 is 10.6 Å². The summed E-state index contributed by atoms with van der Waals surface area (Å²) in [5.74, 6) is -2.31. The third-order valence-electron chi connectivity index (χ3n) is 4.59. The van der Waals surface area contributed by atoms with Gasteiger partial charge in [0.25, 0.3) is 5.91 Å². The number of carbonyl (C=O) groups excluding carboxylic acids is 2. The summed E-state index contributed by atoms with van der Waals surface area (Å²) in [5, 5.41) is 43.3. The summed E-state index contributed by atoms with van der Waals surface area (Å²) in [4.78, 5) is 32.1. The lowest BCUT2D eigenvalue weighted by atomic mass is 10.1. The van der Waals surface area contributed by atoms with Crippen molar-refractivity contribution in [2.24, 2.45) is 0 Å². The smallest absolute Gasteiger partial charge is 0.252 e. The average Bonchev–Trinajstić information content (AvgIpc) is 3.25. The fraction of sp³-hybridized carbons (Fsp3) is 0.190. The zero-order valence-corrected chi connectivity index (χ0v) is 16.4. The predicted octanol–water partition coefficient (Wildman–Crippen LogP) is 0.932. The molecule has 0 radical (unpaired) electrons.